The summed E-state index contributed by atoms with van der Waals surface area (Å²) in [4.78, 5) is 24.5. The van der Waals surface area contributed by atoms with Crippen LogP contribution in [0.3, 0.4) is 0 Å². The van der Waals surface area contributed by atoms with Gasteiger partial charge >= 0.3 is 12.2 Å². The zero-order chi connectivity index (χ0) is 24.2. The minimum atomic E-state index is -4.76. The van der Waals surface area contributed by atoms with Crippen molar-refractivity contribution in [3.8, 4) is 11.8 Å². The number of fused-ring (bicyclic) bond motifs is 2. The Hall–Kier alpha value is -3.46. The number of hydrogen-bond donors (Lipinski definition) is 0. The number of aryl methyl sites for hydroxylation is 2. The van der Waals surface area contributed by atoms with E-state index in [-0.39, 0.29) is 22.8 Å². The van der Waals surface area contributed by atoms with Crippen LogP contribution >= 0.6 is 11.3 Å². The van der Waals surface area contributed by atoms with Gasteiger partial charge in [0.25, 0.3) is 5.56 Å². The van der Waals surface area contributed by atoms with E-state index < -0.39 is 6.36 Å². The Bertz CT molecular complexity index is 1420. The first kappa shape index (κ1) is 22.3. The molecule has 0 aliphatic carbocycles. The summed E-state index contributed by atoms with van der Waals surface area (Å²) in [5, 5.41) is 10.6. The second-order valence-corrected chi connectivity index (χ2v) is 9.49. The smallest absolute Gasteiger partial charge is 0.402 e. The molecule has 0 unspecified atom stereocenters. The maximum atomic E-state index is 12.9. The number of rotatable bonds is 3. The lowest BCUT2D eigenvalue weighted by molar-refractivity contribution is -0.436. The first-order chi connectivity index (χ1) is 16.2. The second-order valence-electron chi connectivity index (χ2n) is 8.31. The Morgan fingerprint density at radius 3 is 2.82 bits per heavy atom. The van der Waals surface area contributed by atoms with Crippen molar-refractivity contribution < 1.29 is 22.5 Å². The number of nitriles is 1. The van der Waals surface area contributed by atoms with Gasteiger partial charge in [0.15, 0.2) is 11.9 Å². The summed E-state index contributed by atoms with van der Waals surface area (Å²) in [6.07, 6.45) is -2.17. The topological polar surface area (TPSA) is 87.1 Å². The summed E-state index contributed by atoms with van der Waals surface area (Å²) in [6.45, 7) is 3.77. The number of ether oxygens (including phenoxy) is 1. The molecule has 0 saturated carbocycles. The molecule has 0 amide bonds. The molecule has 0 radical (unpaired) electrons. The van der Waals surface area contributed by atoms with E-state index in [1.54, 1.807) is 7.05 Å². The lowest BCUT2D eigenvalue weighted by Gasteiger charge is -2.33. The van der Waals surface area contributed by atoms with Crippen LogP contribution in [0, 0.1) is 24.2 Å². The summed E-state index contributed by atoms with van der Waals surface area (Å²) >= 11 is 1.43. The number of alkyl halides is 3. The van der Waals surface area contributed by atoms with E-state index in [0.29, 0.717) is 43.1 Å². The highest BCUT2D eigenvalue weighted by atomic mass is 32.1. The lowest BCUT2D eigenvalue weighted by atomic mass is 9.94. The highest BCUT2D eigenvalue weighted by Crippen LogP contribution is 2.36. The van der Waals surface area contributed by atoms with Crippen LogP contribution in [-0.4, -0.2) is 50.8 Å². The van der Waals surface area contributed by atoms with Crippen molar-refractivity contribution in [3.05, 3.63) is 39.3 Å². The Kier molecular flexibility index (Phi) is 5.31. The molecule has 3 aromatic rings. The van der Waals surface area contributed by atoms with Gasteiger partial charge in [0, 0.05) is 38.5 Å². The molecule has 5 heterocycles. The van der Waals surface area contributed by atoms with Crippen molar-refractivity contribution in [2.45, 2.75) is 26.1 Å². The fourth-order valence-corrected chi connectivity index (χ4v) is 5.71. The van der Waals surface area contributed by atoms with Crippen molar-refractivity contribution in [2.75, 3.05) is 24.5 Å². The Morgan fingerprint density at radius 2 is 2.15 bits per heavy atom. The predicted octanol–water partition coefficient (Wildman–Crippen LogP) is 3.48. The van der Waals surface area contributed by atoms with Crippen LogP contribution in [0.4, 0.5) is 24.7 Å². The number of halogens is 3. The molecule has 0 bridgehead atoms. The van der Waals surface area contributed by atoms with Crippen LogP contribution in [0.2, 0.25) is 0 Å². The van der Waals surface area contributed by atoms with Crippen molar-refractivity contribution in [1.29, 1.82) is 5.26 Å². The van der Waals surface area contributed by atoms with Gasteiger partial charge in [-0.25, -0.2) is 9.56 Å². The van der Waals surface area contributed by atoms with Gasteiger partial charge in [-0.1, -0.05) is 0 Å². The van der Waals surface area contributed by atoms with Crippen LogP contribution in [0.5, 0.6) is 5.75 Å². The maximum absolute atomic E-state index is 12.9. The fraction of sp³-hybridized carbons (Fsp3) is 0.409. The molecule has 176 valence electrons. The van der Waals surface area contributed by atoms with E-state index >= 15 is 0 Å². The number of hydrogen-bond acceptors (Lipinski definition) is 7. The molecule has 3 aromatic heterocycles. The SMILES string of the molecule is Cc1nc2c(N3CCC4=[N+](c5ccc(OC(F)(F)F)cn5)CC[C@H]4C3)c(C#N)c(=O)n(C)c2s1. The lowest BCUT2D eigenvalue weighted by Crippen LogP contribution is -2.42. The standard InChI is InChI=1S/C22H20F3N6O2S/c1-12-28-18-19(15(9-26)20(32)29(2)21(18)34-12)30-7-6-16-13(11-30)5-8-31(16)17-4-3-14(10-27-17)33-22(23,24)25/h3-4,10,13H,5-8,11H2,1-2H3/q+1/t13-/m0/s1. The fourth-order valence-electron chi connectivity index (χ4n) is 4.84. The van der Waals surface area contributed by atoms with Gasteiger partial charge in [0.1, 0.15) is 22.0 Å². The summed E-state index contributed by atoms with van der Waals surface area (Å²) in [5.41, 5.74) is 2.18. The molecule has 0 N–H and O–H groups in total. The molecule has 0 aromatic carbocycles. The molecule has 1 saturated heterocycles. The predicted molar refractivity (Wildman–Crippen MR) is 120 cm³/mol. The van der Waals surface area contributed by atoms with Gasteiger partial charge in [-0.15, -0.1) is 24.5 Å². The van der Waals surface area contributed by atoms with Crippen LogP contribution < -0.4 is 15.2 Å². The minimum Gasteiger partial charge on any atom is -0.402 e. The summed E-state index contributed by atoms with van der Waals surface area (Å²) in [6, 6.07) is 4.88. The van der Waals surface area contributed by atoms with Gasteiger partial charge in [-0.05, 0) is 24.4 Å². The number of pyridine rings is 2. The van der Waals surface area contributed by atoms with Crippen molar-refractivity contribution in [1.82, 2.24) is 14.5 Å². The van der Waals surface area contributed by atoms with E-state index in [1.165, 1.54) is 28.0 Å². The molecule has 1 atom stereocenters. The van der Waals surface area contributed by atoms with Crippen molar-refractivity contribution in [3.63, 3.8) is 0 Å². The monoisotopic (exact) mass is 489 g/mol. The van der Waals surface area contributed by atoms with Gasteiger partial charge in [-0.3, -0.25) is 4.79 Å². The quantitative estimate of drug-likeness (QED) is 0.524. The molecule has 8 nitrogen and oxygen atoms in total. The van der Waals surface area contributed by atoms with E-state index in [9.17, 15) is 23.2 Å². The van der Waals surface area contributed by atoms with Crippen LogP contribution in [-0.2, 0) is 7.05 Å². The van der Waals surface area contributed by atoms with Crippen LogP contribution in [0.25, 0.3) is 10.3 Å². The molecule has 0 spiro atoms. The van der Waals surface area contributed by atoms with E-state index in [2.05, 4.69) is 25.7 Å². The highest BCUT2D eigenvalue weighted by Gasteiger charge is 2.38. The van der Waals surface area contributed by atoms with Crippen molar-refractivity contribution >= 4 is 38.9 Å². The molecule has 2 aliphatic heterocycles. The molecule has 2 aliphatic rings. The average Bonchev–Trinajstić information content (AvgIpc) is 3.38. The largest absolute Gasteiger partial charge is 0.573 e. The highest BCUT2D eigenvalue weighted by molar-refractivity contribution is 7.18. The molecule has 34 heavy (non-hydrogen) atoms. The van der Waals surface area contributed by atoms with Gasteiger partial charge in [0.05, 0.1) is 23.0 Å². The minimum absolute atomic E-state index is 0.0977. The average molecular weight is 490 g/mol. The molecule has 1 fully saturated rings. The third-order valence-corrected chi connectivity index (χ3v) is 7.30. The van der Waals surface area contributed by atoms with E-state index in [1.807, 2.05) is 11.5 Å². The Labute approximate surface area is 196 Å². The van der Waals surface area contributed by atoms with Crippen LogP contribution in [0.1, 0.15) is 23.4 Å². The van der Waals surface area contributed by atoms with Gasteiger partial charge in [-0.2, -0.15) is 5.26 Å². The first-order valence-corrected chi connectivity index (χ1v) is 11.5. The van der Waals surface area contributed by atoms with Gasteiger partial charge in [0.2, 0.25) is 0 Å². The second kappa shape index (κ2) is 8.09. The zero-order valence-corrected chi connectivity index (χ0v) is 19.2. The molecular formula is C22H20F3N6O2S+. The number of thiazole rings is 1. The number of aromatic nitrogens is 3. The van der Waals surface area contributed by atoms with E-state index in [4.69, 9.17) is 0 Å². The Morgan fingerprint density at radius 1 is 1.35 bits per heavy atom. The van der Waals surface area contributed by atoms with Crippen molar-refractivity contribution in [2.24, 2.45) is 13.0 Å². The zero-order valence-electron chi connectivity index (χ0n) is 18.4. The summed E-state index contributed by atoms with van der Waals surface area (Å²) in [5.74, 6) is 0.389. The van der Waals surface area contributed by atoms with Crippen LogP contribution in [0.15, 0.2) is 23.1 Å². The summed E-state index contributed by atoms with van der Waals surface area (Å²) < 4.78 is 44.7. The van der Waals surface area contributed by atoms with E-state index in [0.717, 1.165) is 28.2 Å². The number of nitrogens with zero attached hydrogens (tertiary/aromatic N) is 6. The molecule has 12 heteroatoms. The number of piperidine rings is 1. The number of anilines is 1. The summed E-state index contributed by atoms with van der Waals surface area (Å²) in [7, 11) is 1.65. The third kappa shape index (κ3) is 3.79. The normalized spacial score (nSPS) is 18.4. The maximum Gasteiger partial charge on any atom is 0.573 e. The first-order valence-electron chi connectivity index (χ1n) is 10.7. The molecule has 5 rings (SSSR count). The Balaban J connectivity index is 1.46. The third-order valence-electron chi connectivity index (χ3n) is 6.26. The molecular weight excluding hydrogens is 469 g/mol. The van der Waals surface area contributed by atoms with Gasteiger partial charge < -0.3 is 14.2 Å².